The fourth-order valence-electron chi connectivity index (χ4n) is 2.94. The predicted octanol–water partition coefficient (Wildman–Crippen LogP) is 1.50. The van der Waals surface area contributed by atoms with E-state index < -0.39 is 11.9 Å². The van der Waals surface area contributed by atoms with Crippen LogP contribution >= 0.6 is 0 Å². The normalized spacial score (nSPS) is 28.7. The Morgan fingerprint density at radius 2 is 2.12 bits per heavy atom. The molecule has 1 unspecified atom stereocenters. The molecule has 0 aromatic heterocycles. The highest BCUT2D eigenvalue weighted by molar-refractivity contribution is 5.86. The second kappa shape index (κ2) is 4.07. The standard InChI is InChI=1S/C12H19NO3/c1-12(4-2-3-5-12)8-13-7-9(11(15)16)6-10(13)14/h9H,2-8H2,1H3,(H,15,16). The van der Waals surface area contributed by atoms with Gasteiger partial charge in [-0.15, -0.1) is 0 Å². The number of carboxylic acid groups (broad SMARTS) is 1. The SMILES string of the molecule is CC1(CN2CC(C(=O)O)CC2=O)CCCC1. The molecule has 0 aromatic carbocycles. The zero-order valence-electron chi connectivity index (χ0n) is 9.74. The van der Waals surface area contributed by atoms with Gasteiger partial charge in [-0.1, -0.05) is 19.8 Å². The van der Waals surface area contributed by atoms with E-state index in [-0.39, 0.29) is 17.7 Å². The van der Waals surface area contributed by atoms with Crippen LogP contribution in [-0.2, 0) is 9.59 Å². The summed E-state index contributed by atoms with van der Waals surface area (Å²) in [4.78, 5) is 24.3. The summed E-state index contributed by atoms with van der Waals surface area (Å²) in [5, 5.41) is 8.89. The first-order valence-electron chi connectivity index (χ1n) is 6.01. The second-order valence-electron chi connectivity index (χ2n) is 5.53. The maximum Gasteiger partial charge on any atom is 0.308 e. The minimum absolute atomic E-state index is 0.0144. The van der Waals surface area contributed by atoms with Gasteiger partial charge < -0.3 is 10.0 Å². The Kier molecular flexibility index (Phi) is 2.91. The molecule has 0 aromatic rings. The van der Waals surface area contributed by atoms with Gasteiger partial charge in [0, 0.05) is 19.5 Å². The largest absolute Gasteiger partial charge is 0.481 e. The lowest BCUT2D eigenvalue weighted by atomic mass is 9.88. The third-order valence-electron chi connectivity index (χ3n) is 3.95. The van der Waals surface area contributed by atoms with E-state index in [1.165, 1.54) is 12.8 Å². The van der Waals surface area contributed by atoms with Crippen molar-refractivity contribution in [2.24, 2.45) is 11.3 Å². The Hall–Kier alpha value is -1.06. The first-order chi connectivity index (χ1) is 7.50. The highest BCUT2D eigenvalue weighted by Crippen LogP contribution is 2.39. The highest BCUT2D eigenvalue weighted by Gasteiger charge is 2.39. The summed E-state index contributed by atoms with van der Waals surface area (Å²) < 4.78 is 0. The van der Waals surface area contributed by atoms with Gasteiger partial charge in [-0.25, -0.2) is 0 Å². The van der Waals surface area contributed by atoms with Crippen molar-refractivity contribution >= 4 is 11.9 Å². The van der Waals surface area contributed by atoms with Gasteiger partial charge in [-0.2, -0.15) is 0 Å². The Morgan fingerprint density at radius 3 is 2.62 bits per heavy atom. The minimum atomic E-state index is -0.840. The van der Waals surface area contributed by atoms with Gasteiger partial charge in [0.1, 0.15) is 0 Å². The van der Waals surface area contributed by atoms with Crippen molar-refractivity contribution in [2.75, 3.05) is 13.1 Å². The number of aliphatic carboxylic acids is 1. The van der Waals surface area contributed by atoms with E-state index in [1.54, 1.807) is 4.90 Å². The average molecular weight is 225 g/mol. The molecule has 1 N–H and O–H groups in total. The molecule has 1 saturated heterocycles. The highest BCUT2D eigenvalue weighted by atomic mass is 16.4. The fraction of sp³-hybridized carbons (Fsp3) is 0.833. The predicted molar refractivity (Wildman–Crippen MR) is 58.9 cm³/mol. The number of nitrogens with zero attached hydrogens (tertiary/aromatic N) is 1. The van der Waals surface area contributed by atoms with E-state index in [0.717, 1.165) is 19.4 Å². The van der Waals surface area contributed by atoms with Crippen LogP contribution in [0, 0.1) is 11.3 Å². The van der Waals surface area contributed by atoms with Crippen molar-refractivity contribution in [3.8, 4) is 0 Å². The number of amides is 1. The van der Waals surface area contributed by atoms with Gasteiger partial charge in [0.25, 0.3) is 0 Å². The number of likely N-dealkylation sites (tertiary alicyclic amines) is 1. The van der Waals surface area contributed by atoms with E-state index in [1.807, 2.05) is 0 Å². The van der Waals surface area contributed by atoms with E-state index in [9.17, 15) is 9.59 Å². The lowest BCUT2D eigenvalue weighted by molar-refractivity contribution is -0.141. The topological polar surface area (TPSA) is 57.6 Å². The second-order valence-corrected chi connectivity index (χ2v) is 5.53. The van der Waals surface area contributed by atoms with E-state index in [4.69, 9.17) is 5.11 Å². The molecule has 0 radical (unpaired) electrons. The van der Waals surface area contributed by atoms with Crippen LogP contribution in [0.4, 0.5) is 0 Å². The third kappa shape index (κ3) is 2.20. The van der Waals surface area contributed by atoms with Crippen LogP contribution in [0.2, 0.25) is 0 Å². The van der Waals surface area contributed by atoms with Crippen LogP contribution in [0.5, 0.6) is 0 Å². The van der Waals surface area contributed by atoms with Crippen molar-refractivity contribution < 1.29 is 14.7 Å². The van der Waals surface area contributed by atoms with Gasteiger partial charge in [0.05, 0.1) is 5.92 Å². The zero-order valence-corrected chi connectivity index (χ0v) is 9.74. The molecule has 1 atom stereocenters. The molecular formula is C12H19NO3. The first-order valence-corrected chi connectivity index (χ1v) is 6.01. The molecule has 2 rings (SSSR count). The number of rotatable bonds is 3. The molecule has 1 amide bonds. The maximum absolute atomic E-state index is 11.7. The Morgan fingerprint density at radius 1 is 1.50 bits per heavy atom. The van der Waals surface area contributed by atoms with Crippen molar-refractivity contribution in [1.82, 2.24) is 4.90 Å². The molecule has 2 aliphatic rings. The average Bonchev–Trinajstić information content (AvgIpc) is 2.75. The summed E-state index contributed by atoms with van der Waals surface area (Å²) in [6, 6.07) is 0. The van der Waals surface area contributed by atoms with Crippen LogP contribution in [0.25, 0.3) is 0 Å². The molecular weight excluding hydrogens is 206 g/mol. The maximum atomic E-state index is 11.7. The van der Waals surface area contributed by atoms with E-state index in [0.29, 0.717) is 6.54 Å². The molecule has 1 aliphatic heterocycles. The lowest BCUT2D eigenvalue weighted by Crippen LogP contribution is -2.36. The Balaban J connectivity index is 1.95. The summed E-state index contributed by atoms with van der Waals surface area (Å²) in [5.74, 6) is -1.31. The molecule has 0 bridgehead atoms. The van der Waals surface area contributed by atoms with Crippen molar-refractivity contribution in [2.45, 2.75) is 39.0 Å². The number of hydrogen-bond acceptors (Lipinski definition) is 2. The van der Waals surface area contributed by atoms with E-state index in [2.05, 4.69) is 6.92 Å². The molecule has 4 heteroatoms. The van der Waals surface area contributed by atoms with Gasteiger partial charge in [-0.3, -0.25) is 9.59 Å². The number of hydrogen-bond donors (Lipinski definition) is 1. The van der Waals surface area contributed by atoms with Crippen LogP contribution in [0.3, 0.4) is 0 Å². The third-order valence-corrected chi connectivity index (χ3v) is 3.95. The number of carboxylic acids is 1. The van der Waals surface area contributed by atoms with E-state index >= 15 is 0 Å². The van der Waals surface area contributed by atoms with Gasteiger partial charge in [0.15, 0.2) is 0 Å². The summed E-state index contributed by atoms with van der Waals surface area (Å²) in [6.45, 7) is 3.36. The Bertz CT molecular complexity index is 307. The molecule has 16 heavy (non-hydrogen) atoms. The molecule has 1 saturated carbocycles. The molecule has 1 heterocycles. The van der Waals surface area contributed by atoms with Crippen molar-refractivity contribution in [3.63, 3.8) is 0 Å². The molecule has 4 nitrogen and oxygen atoms in total. The quantitative estimate of drug-likeness (QED) is 0.791. The molecule has 2 fully saturated rings. The summed E-state index contributed by atoms with van der Waals surface area (Å²) >= 11 is 0. The van der Waals surface area contributed by atoms with Crippen molar-refractivity contribution in [1.29, 1.82) is 0 Å². The van der Waals surface area contributed by atoms with Crippen LogP contribution in [-0.4, -0.2) is 35.0 Å². The fourth-order valence-corrected chi connectivity index (χ4v) is 2.94. The summed E-state index contributed by atoms with van der Waals surface area (Å²) in [5.41, 5.74) is 0.225. The van der Waals surface area contributed by atoms with Crippen LogP contribution < -0.4 is 0 Å². The van der Waals surface area contributed by atoms with Crippen LogP contribution in [0.1, 0.15) is 39.0 Å². The summed E-state index contributed by atoms with van der Waals surface area (Å²) in [7, 11) is 0. The van der Waals surface area contributed by atoms with Gasteiger partial charge in [-0.05, 0) is 18.3 Å². The lowest BCUT2D eigenvalue weighted by Gasteiger charge is -2.29. The molecule has 1 aliphatic carbocycles. The van der Waals surface area contributed by atoms with Gasteiger partial charge in [0.2, 0.25) is 5.91 Å². The smallest absolute Gasteiger partial charge is 0.308 e. The number of carbonyl (C=O) groups excluding carboxylic acids is 1. The minimum Gasteiger partial charge on any atom is -0.481 e. The molecule has 90 valence electrons. The van der Waals surface area contributed by atoms with Crippen molar-refractivity contribution in [3.05, 3.63) is 0 Å². The Labute approximate surface area is 95.6 Å². The molecule has 0 spiro atoms. The first kappa shape index (κ1) is 11.4. The summed E-state index contributed by atoms with van der Waals surface area (Å²) in [6.07, 6.45) is 4.98. The van der Waals surface area contributed by atoms with Crippen LogP contribution in [0.15, 0.2) is 0 Å². The van der Waals surface area contributed by atoms with Gasteiger partial charge >= 0.3 is 5.97 Å². The monoisotopic (exact) mass is 225 g/mol. The zero-order chi connectivity index (χ0) is 11.8. The number of carbonyl (C=O) groups is 2.